The van der Waals surface area contributed by atoms with E-state index in [1.165, 1.54) is 12.1 Å². The molecular formula is C12H17NO5S. The van der Waals surface area contributed by atoms with Crippen molar-refractivity contribution in [3.05, 3.63) is 17.9 Å². The molecule has 0 aliphatic rings. The topological polar surface area (TPSA) is 96.6 Å². The number of carboxylic acids is 1. The van der Waals surface area contributed by atoms with Crippen LogP contribution in [0.1, 0.15) is 31.3 Å². The number of carbonyl (C=O) groups excluding carboxylic acids is 1. The lowest BCUT2D eigenvalue weighted by Crippen LogP contribution is -2.38. The van der Waals surface area contributed by atoms with Gasteiger partial charge in [-0.3, -0.25) is 9.00 Å². The summed E-state index contributed by atoms with van der Waals surface area (Å²) in [4.78, 5) is 22.2. The van der Waals surface area contributed by atoms with Crippen LogP contribution in [0.15, 0.2) is 21.6 Å². The lowest BCUT2D eigenvalue weighted by molar-refractivity contribution is -0.119. The van der Waals surface area contributed by atoms with Gasteiger partial charge < -0.3 is 14.8 Å². The van der Waals surface area contributed by atoms with Crippen LogP contribution in [0.25, 0.3) is 0 Å². The first-order chi connectivity index (χ1) is 8.81. The SMILES string of the molecule is CC(C)C(C)NC(=O)CS(=O)c1ccc(C(=O)O)o1. The van der Waals surface area contributed by atoms with Gasteiger partial charge in [-0.25, -0.2) is 4.79 Å². The van der Waals surface area contributed by atoms with Crippen LogP contribution in [-0.2, 0) is 15.6 Å². The number of carbonyl (C=O) groups is 2. The normalized spacial score (nSPS) is 14.1. The van der Waals surface area contributed by atoms with E-state index in [1.54, 1.807) is 0 Å². The van der Waals surface area contributed by atoms with Gasteiger partial charge in [0.1, 0.15) is 5.75 Å². The molecule has 106 valence electrons. The van der Waals surface area contributed by atoms with Gasteiger partial charge in [0.15, 0.2) is 5.09 Å². The fourth-order valence-electron chi connectivity index (χ4n) is 1.21. The third-order valence-corrected chi connectivity index (χ3v) is 3.86. The lowest BCUT2D eigenvalue weighted by Gasteiger charge is -2.16. The van der Waals surface area contributed by atoms with Crippen LogP contribution < -0.4 is 5.32 Å². The summed E-state index contributed by atoms with van der Waals surface area (Å²) in [5, 5.41) is 11.4. The summed E-state index contributed by atoms with van der Waals surface area (Å²) in [6.45, 7) is 5.79. The first kappa shape index (κ1) is 15.4. The van der Waals surface area contributed by atoms with E-state index in [4.69, 9.17) is 9.52 Å². The van der Waals surface area contributed by atoms with Gasteiger partial charge in [-0.2, -0.15) is 0 Å². The Hall–Kier alpha value is -1.63. The highest BCUT2D eigenvalue weighted by Crippen LogP contribution is 2.12. The van der Waals surface area contributed by atoms with Gasteiger partial charge >= 0.3 is 5.97 Å². The standard InChI is InChI=1S/C12H17NO5S/c1-7(2)8(3)13-10(14)6-19(17)11-5-4-9(18-11)12(15)16/h4-5,7-8H,6H2,1-3H3,(H,13,14)(H,15,16). The predicted molar refractivity (Wildman–Crippen MR) is 69.4 cm³/mol. The maximum absolute atomic E-state index is 11.8. The quantitative estimate of drug-likeness (QED) is 0.820. The molecule has 1 amide bonds. The number of hydrogen-bond acceptors (Lipinski definition) is 4. The number of amides is 1. The third-order valence-electron chi connectivity index (χ3n) is 2.67. The minimum absolute atomic E-state index is 0.00949. The van der Waals surface area contributed by atoms with E-state index in [2.05, 4.69) is 5.32 Å². The third kappa shape index (κ3) is 4.51. The van der Waals surface area contributed by atoms with Crippen molar-refractivity contribution >= 4 is 22.7 Å². The van der Waals surface area contributed by atoms with Crippen LogP contribution in [0.2, 0.25) is 0 Å². The molecule has 1 aromatic rings. The molecule has 0 aliphatic heterocycles. The van der Waals surface area contributed by atoms with Gasteiger partial charge in [0.05, 0.1) is 10.8 Å². The minimum Gasteiger partial charge on any atom is -0.475 e. The first-order valence-corrected chi connectivity index (χ1v) is 7.14. The molecule has 0 saturated carbocycles. The van der Waals surface area contributed by atoms with Crippen LogP contribution in [0, 0.1) is 5.92 Å². The number of aromatic carboxylic acids is 1. The van der Waals surface area contributed by atoms with Crippen molar-refractivity contribution in [1.82, 2.24) is 5.32 Å². The molecule has 0 bridgehead atoms. The number of carboxylic acid groups (broad SMARTS) is 1. The van der Waals surface area contributed by atoms with Crippen molar-refractivity contribution in [3.8, 4) is 0 Å². The number of rotatable bonds is 6. The van der Waals surface area contributed by atoms with Crippen LogP contribution >= 0.6 is 0 Å². The van der Waals surface area contributed by atoms with Crippen LogP contribution in [0.5, 0.6) is 0 Å². The summed E-state index contributed by atoms with van der Waals surface area (Å²) >= 11 is 0. The Labute approximate surface area is 113 Å². The molecule has 6 nitrogen and oxygen atoms in total. The Morgan fingerprint density at radius 1 is 1.37 bits per heavy atom. The molecule has 1 rings (SSSR count). The average Bonchev–Trinajstić information content (AvgIpc) is 2.77. The molecule has 0 saturated heterocycles. The van der Waals surface area contributed by atoms with Crippen molar-refractivity contribution < 1.29 is 23.3 Å². The van der Waals surface area contributed by atoms with Gasteiger partial charge in [-0.05, 0) is 25.0 Å². The number of furan rings is 1. The van der Waals surface area contributed by atoms with Crippen LogP contribution in [0.4, 0.5) is 0 Å². The Bertz CT molecular complexity index is 494. The lowest BCUT2D eigenvalue weighted by atomic mass is 10.1. The zero-order valence-corrected chi connectivity index (χ0v) is 11.8. The van der Waals surface area contributed by atoms with E-state index in [9.17, 15) is 13.8 Å². The van der Waals surface area contributed by atoms with Crippen molar-refractivity contribution in [2.24, 2.45) is 5.92 Å². The molecule has 1 aromatic heterocycles. The Morgan fingerprint density at radius 3 is 2.47 bits per heavy atom. The first-order valence-electron chi connectivity index (χ1n) is 5.82. The number of nitrogens with one attached hydrogen (secondary N) is 1. The molecule has 1 heterocycles. The Balaban J connectivity index is 2.59. The Morgan fingerprint density at radius 2 is 2.00 bits per heavy atom. The van der Waals surface area contributed by atoms with Crippen molar-refractivity contribution in [2.45, 2.75) is 31.9 Å². The second-order valence-electron chi connectivity index (χ2n) is 4.51. The smallest absolute Gasteiger partial charge is 0.371 e. The highest BCUT2D eigenvalue weighted by Gasteiger charge is 2.18. The zero-order chi connectivity index (χ0) is 14.6. The van der Waals surface area contributed by atoms with Gasteiger partial charge in [0.2, 0.25) is 11.7 Å². The van der Waals surface area contributed by atoms with Crippen molar-refractivity contribution in [1.29, 1.82) is 0 Å². The molecule has 0 aliphatic carbocycles. The molecule has 2 N–H and O–H groups in total. The van der Waals surface area contributed by atoms with E-state index in [1.807, 2.05) is 20.8 Å². The summed E-state index contributed by atoms with van der Waals surface area (Å²) in [5.74, 6) is -1.85. The summed E-state index contributed by atoms with van der Waals surface area (Å²) in [6.07, 6.45) is 0. The maximum Gasteiger partial charge on any atom is 0.371 e. The van der Waals surface area contributed by atoms with E-state index in [0.717, 1.165) is 0 Å². The molecular weight excluding hydrogens is 270 g/mol. The molecule has 0 radical (unpaired) electrons. The van der Waals surface area contributed by atoms with E-state index in [0.29, 0.717) is 0 Å². The maximum atomic E-state index is 11.8. The molecule has 0 spiro atoms. The van der Waals surface area contributed by atoms with Crippen LogP contribution in [0.3, 0.4) is 0 Å². The summed E-state index contributed by atoms with van der Waals surface area (Å²) in [6, 6.07) is 2.50. The monoisotopic (exact) mass is 287 g/mol. The largest absolute Gasteiger partial charge is 0.475 e. The molecule has 0 fully saturated rings. The van der Waals surface area contributed by atoms with Gasteiger partial charge in [0.25, 0.3) is 0 Å². The molecule has 2 atom stereocenters. The highest BCUT2D eigenvalue weighted by atomic mass is 32.2. The van der Waals surface area contributed by atoms with Crippen molar-refractivity contribution in [2.75, 3.05) is 5.75 Å². The van der Waals surface area contributed by atoms with E-state index >= 15 is 0 Å². The average molecular weight is 287 g/mol. The van der Waals surface area contributed by atoms with E-state index < -0.39 is 16.8 Å². The van der Waals surface area contributed by atoms with Crippen LogP contribution in [-0.4, -0.2) is 33.0 Å². The predicted octanol–water partition coefficient (Wildman–Crippen LogP) is 1.25. The second-order valence-corrected chi connectivity index (χ2v) is 5.90. The molecule has 2 unspecified atom stereocenters. The second kappa shape index (κ2) is 6.51. The minimum atomic E-state index is -1.68. The highest BCUT2D eigenvalue weighted by molar-refractivity contribution is 7.85. The number of hydrogen-bond donors (Lipinski definition) is 2. The molecule has 19 heavy (non-hydrogen) atoms. The fourth-order valence-corrected chi connectivity index (χ4v) is 2.08. The summed E-state index contributed by atoms with van der Waals surface area (Å²) in [7, 11) is -1.68. The summed E-state index contributed by atoms with van der Waals surface area (Å²) < 4.78 is 16.7. The zero-order valence-electron chi connectivity index (χ0n) is 11.0. The van der Waals surface area contributed by atoms with Crippen molar-refractivity contribution in [3.63, 3.8) is 0 Å². The van der Waals surface area contributed by atoms with E-state index in [-0.39, 0.29) is 34.5 Å². The van der Waals surface area contributed by atoms with Gasteiger partial charge in [-0.15, -0.1) is 0 Å². The molecule has 7 heteroatoms. The van der Waals surface area contributed by atoms with Gasteiger partial charge in [0, 0.05) is 6.04 Å². The molecule has 0 aromatic carbocycles. The summed E-state index contributed by atoms with van der Waals surface area (Å²) in [5.41, 5.74) is 0. The van der Waals surface area contributed by atoms with Gasteiger partial charge in [-0.1, -0.05) is 13.8 Å². The fraction of sp³-hybridized carbons (Fsp3) is 0.500. The Kier molecular flexibility index (Phi) is 5.29.